The van der Waals surface area contributed by atoms with E-state index in [1.54, 1.807) is 7.05 Å². The number of nitrogens with zero attached hydrogens (tertiary/aromatic N) is 5. The second kappa shape index (κ2) is 8.14. The molecule has 0 amide bonds. The van der Waals surface area contributed by atoms with Crippen molar-refractivity contribution in [1.82, 2.24) is 25.2 Å². The van der Waals surface area contributed by atoms with E-state index in [2.05, 4.69) is 49.9 Å². The second-order valence-electron chi connectivity index (χ2n) is 5.65. The van der Waals surface area contributed by atoms with E-state index < -0.39 is 0 Å². The Morgan fingerprint density at radius 3 is 2.68 bits per heavy atom. The number of aliphatic imine (C=N–C) groups is 1. The van der Waals surface area contributed by atoms with Gasteiger partial charge in [-0.2, -0.15) is 0 Å². The van der Waals surface area contributed by atoms with Crippen LogP contribution in [0.2, 0.25) is 0 Å². The molecule has 25 heavy (non-hydrogen) atoms. The number of para-hydroxylation sites is 1. The Morgan fingerprint density at radius 1 is 1.08 bits per heavy atom. The zero-order valence-electron chi connectivity index (χ0n) is 14.6. The molecule has 0 bridgehead atoms. The number of rotatable bonds is 6. The van der Waals surface area contributed by atoms with E-state index in [-0.39, 0.29) is 0 Å². The molecule has 2 aromatic heterocycles. The number of hydrogen-bond donors (Lipinski definition) is 2. The van der Waals surface area contributed by atoms with Crippen molar-refractivity contribution in [2.24, 2.45) is 4.99 Å². The van der Waals surface area contributed by atoms with Crippen molar-refractivity contribution in [3.63, 3.8) is 0 Å². The number of fused-ring (bicyclic) bond motifs is 1. The van der Waals surface area contributed by atoms with Crippen molar-refractivity contribution in [3.05, 3.63) is 60.6 Å². The summed E-state index contributed by atoms with van der Waals surface area (Å²) in [5, 5.41) is 15.0. The molecule has 3 aromatic rings. The first kappa shape index (κ1) is 16.8. The number of benzene rings is 1. The van der Waals surface area contributed by atoms with Crippen LogP contribution in [-0.2, 0) is 6.54 Å². The van der Waals surface area contributed by atoms with Crippen LogP contribution in [0.5, 0.6) is 0 Å². The molecule has 0 unspecified atom stereocenters. The highest BCUT2D eigenvalue weighted by atomic mass is 15.3. The minimum Gasteiger partial charge on any atom is -0.373 e. The number of likely N-dealkylation sites (N-methyl/N-ethyl adjacent to an activating group) is 1. The van der Waals surface area contributed by atoms with Crippen LogP contribution in [0.4, 0.5) is 5.69 Å². The van der Waals surface area contributed by atoms with E-state index in [1.165, 1.54) is 5.69 Å². The van der Waals surface area contributed by atoms with Gasteiger partial charge >= 0.3 is 0 Å². The molecule has 0 spiro atoms. The maximum absolute atomic E-state index is 4.26. The molecule has 1 aromatic carbocycles. The molecular weight excluding hydrogens is 314 g/mol. The van der Waals surface area contributed by atoms with Crippen LogP contribution >= 0.6 is 0 Å². The van der Waals surface area contributed by atoms with Crippen LogP contribution in [0.1, 0.15) is 5.82 Å². The maximum Gasteiger partial charge on any atom is 0.191 e. The van der Waals surface area contributed by atoms with Crippen LogP contribution in [0.3, 0.4) is 0 Å². The quantitative estimate of drug-likeness (QED) is 0.527. The Labute approximate surface area is 147 Å². The minimum atomic E-state index is 0.555. The lowest BCUT2D eigenvalue weighted by Crippen LogP contribution is -2.40. The summed E-state index contributed by atoms with van der Waals surface area (Å²) in [6.07, 6.45) is 1.96. The smallest absolute Gasteiger partial charge is 0.191 e. The first-order valence-corrected chi connectivity index (χ1v) is 8.27. The predicted octanol–water partition coefficient (Wildman–Crippen LogP) is 1.53. The normalized spacial score (nSPS) is 11.5. The number of anilines is 1. The van der Waals surface area contributed by atoms with Gasteiger partial charge in [-0.1, -0.05) is 24.3 Å². The summed E-state index contributed by atoms with van der Waals surface area (Å²) in [7, 11) is 3.84. The summed E-state index contributed by atoms with van der Waals surface area (Å²) < 4.78 is 1.96. The molecule has 0 saturated heterocycles. The number of nitrogens with one attached hydrogen (secondary N) is 2. The fourth-order valence-corrected chi connectivity index (χ4v) is 2.55. The van der Waals surface area contributed by atoms with Gasteiger partial charge < -0.3 is 15.5 Å². The number of hydrogen-bond acceptors (Lipinski definition) is 4. The SMILES string of the molecule is CN=C(NCCN(C)c1ccccc1)NCc1nnc2ccccn12. The van der Waals surface area contributed by atoms with Crippen LogP contribution in [0.15, 0.2) is 59.7 Å². The van der Waals surface area contributed by atoms with E-state index in [9.17, 15) is 0 Å². The van der Waals surface area contributed by atoms with Gasteiger partial charge in [0.15, 0.2) is 17.4 Å². The number of pyridine rings is 1. The molecule has 0 aliphatic carbocycles. The van der Waals surface area contributed by atoms with Crippen LogP contribution in [0.25, 0.3) is 5.65 Å². The van der Waals surface area contributed by atoms with Crippen LogP contribution < -0.4 is 15.5 Å². The molecule has 0 fully saturated rings. The largest absolute Gasteiger partial charge is 0.373 e. The fraction of sp³-hybridized carbons (Fsp3) is 0.278. The standard InChI is InChI=1S/C18H23N7/c1-19-18(20-11-13-24(2)15-8-4-3-5-9-15)21-14-17-23-22-16-10-6-7-12-25(16)17/h3-10,12H,11,13-14H2,1-2H3,(H2,19,20,21). The van der Waals surface area contributed by atoms with Gasteiger partial charge in [-0.05, 0) is 24.3 Å². The highest BCUT2D eigenvalue weighted by Crippen LogP contribution is 2.09. The van der Waals surface area contributed by atoms with Gasteiger partial charge in [-0.15, -0.1) is 10.2 Å². The van der Waals surface area contributed by atoms with Crippen molar-refractivity contribution in [1.29, 1.82) is 0 Å². The third kappa shape index (κ3) is 4.26. The lowest BCUT2D eigenvalue weighted by molar-refractivity contribution is 0.750. The Balaban J connectivity index is 1.48. The Kier molecular flexibility index (Phi) is 5.46. The molecule has 0 saturated carbocycles. The summed E-state index contributed by atoms with van der Waals surface area (Å²) in [5.41, 5.74) is 2.04. The summed E-state index contributed by atoms with van der Waals surface area (Å²) in [4.78, 5) is 6.46. The Morgan fingerprint density at radius 2 is 1.88 bits per heavy atom. The lowest BCUT2D eigenvalue weighted by Gasteiger charge is -2.20. The molecule has 0 radical (unpaired) electrons. The molecule has 3 rings (SSSR count). The van der Waals surface area contributed by atoms with E-state index in [0.717, 1.165) is 30.5 Å². The lowest BCUT2D eigenvalue weighted by atomic mass is 10.3. The molecule has 2 heterocycles. The van der Waals surface area contributed by atoms with Gasteiger partial charge in [-0.25, -0.2) is 0 Å². The molecule has 130 valence electrons. The van der Waals surface area contributed by atoms with E-state index in [1.807, 2.05) is 47.0 Å². The van der Waals surface area contributed by atoms with Gasteiger partial charge in [0.1, 0.15) is 0 Å². The summed E-state index contributed by atoms with van der Waals surface area (Å²) >= 11 is 0. The van der Waals surface area contributed by atoms with E-state index in [4.69, 9.17) is 0 Å². The average molecular weight is 337 g/mol. The zero-order chi connectivity index (χ0) is 17.5. The Hall–Kier alpha value is -3.09. The topological polar surface area (TPSA) is 69.8 Å². The van der Waals surface area contributed by atoms with Gasteiger partial charge in [-0.3, -0.25) is 9.39 Å². The fourth-order valence-electron chi connectivity index (χ4n) is 2.55. The molecular formula is C18H23N7. The van der Waals surface area contributed by atoms with Gasteiger partial charge in [0.05, 0.1) is 6.54 Å². The van der Waals surface area contributed by atoms with Crippen LogP contribution in [0, 0.1) is 0 Å². The third-order valence-corrected chi connectivity index (χ3v) is 3.96. The first-order chi connectivity index (χ1) is 12.3. The first-order valence-electron chi connectivity index (χ1n) is 8.27. The second-order valence-corrected chi connectivity index (χ2v) is 5.65. The van der Waals surface area contributed by atoms with Crippen molar-refractivity contribution < 1.29 is 0 Å². The summed E-state index contributed by atoms with van der Waals surface area (Å²) in [5.74, 6) is 1.59. The summed E-state index contributed by atoms with van der Waals surface area (Å²) in [6.45, 7) is 2.21. The molecule has 0 aliphatic heterocycles. The highest BCUT2D eigenvalue weighted by molar-refractivity contribution is 5.79. The maximum atomic E-state index is 4.26. The van der Waals surface area contributed by atoms with Crippen molar-refractivity contribution in [2.75, 3.05) is 32.1 Å². The van der Waals surface area contributed by atoms with E-state index in [0.29, 0.717) is 6.54 Å². The highest BCUT2D eigenvalue weighted by Gasteiger charge is 2.06. The molecule has 0 aliphatic rings. The molecule has 7 heteroatoms. The third-order valence-electron chi connectivity index (χ3n) is 3.96. The van der Waals surface area contributed by atoms with Crippen molar-refractivity contribution in [2.45, 2.75) is 6.54 Å². The Bertz CT molecular complexity index is 826. The van der Waals surface area contributed by atoms with Crippen molar-refractivity contribution in [3.8, 4) is 0 Å². The number of guanidine groups is 1. The number of aromatic nitrogens is 3. The summed E-state index contributed by atoms with van der Waals surface area (Å²) in [6, 6.07) is 16.2. The van der Waals surface area contributed by atoms with Crippen molar-refractivity contribution >= 4 is 17.3 Å². The average Bonchev–Trinajstić information content (AvgIpc) is 3.08. The molecule has 0 atom stereocenters. The van der Waals surface area contributed by atoms with E-state index >= 15 is 0 Å². The molecule has 2 N–H and O–H groups in total. The predicted molar refractivity (Wildman–Crippen MR) is 101 cm³/mol. The molecule has 7 nitrogen and oxygen atoms in total. The zero-order valence-corrected chi connectivity index (χ0v) is 14.6. The van der Waals surface area contributed by atoms with Gasteiger partial charge in [0, 0.05) is 39.1 Å². The monoisotopic (exact) mass is 337 g/mol. The van der Waals surface area contributed by atoms with Gasteiger partial charge in [0.25, 0.3) is 0 Å². The van der Waals surface area contributed by atoms with Gasteiger partial charge in [0.2, 0.25) is 0 Å². The minimum absolute atomic E-state index is 0.555. The van der Waals surface area contributed by atoms with Crippen LogP contribution in [-0.4, -0.2) is 47.7 Å².